The van der Waals surface area contributed by atoms with E-state index in [4.69, 9.17) is 25.8 Å². The first-order chi connectivity index (χ1) is 10.2. The molecule has 0 saturated heterocycles. The van der Waals surface area contributed by atoms with Crippen LogP contribution in [0.15, 0.2) is 12.1 Å². The molecule has 0 amide bonds. The van der Waals surface area contributed by atoms with Crippen LogP contribution in [0.4, 0.5) is 0 Å². The molecule has 4 nitrogen and oxygen atoms in total. The Morgan fingerprint density at radius 2 is 2.14 bits per heavy atom. The molecule has 1 aromatic carbocycles. The molecule has 2 rings (SSSR count). The van der Waals surface area contributed by atoms with E-state index >= 15 is 0 Å². The molecule has 21 heavy (non-hydrogen) atoms. The lowest BCUT2D eigenvalue weighted by atomic mass is 10.1. The fraction of sp³-hybridized carbons (Fsp3) is 0.625. The summed E-state index contributed by atoms with van der Waals surface area (Å²) in [6.07, 6.45) is 3.10. The summed E-state index contributed by atoms with van der Waals surface area (Å²) >= 11 is 6.30. The van der Waals surface area contributed by atoms with Gasteiger partial charge in [-0.05, 0) is 24.1 Å². The van der Waals surface area contributed by atoms with Gasteiger partial charge in [0.05, 0.1) is 24.8 Å². The van der Waals surface area contributed by atoms with E-state index in [0.717, 1.165) is 37.1 Å². The maximum atomic E-state index is 6.30. The minimum atomic E-state index is 0.356. The fourth-order valence-corrected chi connectivity index (χ4v) is 2.73. The van der Waals surface area contributed by atoms with Crippen LogP contribution in [-0.2, 0) is 11.3 Å². The van der Waals surface area contributed by atoms with E-state index < -0.39 is 0 Å². The highest BCUT2D eigenvalue weighted by atomic mass is 35.5. The zero-order chi connectivity index (χ0) is 15.1. The molecule has 5 heteroatoms. The lowest BCUT2D eigenvalue weighted by molar-refractivity contribution is 0.161. The van der Waals surface area contributed by atoms with Gasteiger partial charge >= 0.3 is 0 Å². The molecule has 0 aromatic heterocycles. The van der Waals surface area contributed by atoms with E-state index in [1.165, 1.54) is 0 Å². The molecule has 118 valence electrons. The van der Waals surface area contributed by atoms with Crippen LogP contribution in [0.1, 0.15) is 31.7 Å². The third-order valence-corrected chi connectivity index (χ3v) is 3.74. The zero-order valence-corrected chi connectivity index (χ0v) is 13.5. The summed E-state index contributed by atoms with van der Waals surface area (Å²) in [6.45, 7) is 4.95. The molecule has 1 unspecified atom stereocenters. The predicted molar refractivity (Wildman–Crippen MR) is 84.5 cm³/mol. The number of hydrogen-bond donors (Lipinski definition) is 1. The number of methoxy groups -OCH3 is 1. The first-order valence-corrected chi connectivity index (χ1v) is 7.92. The van der Waals surface area contributed by atoms with Gasteiger partial charge in [0, 0.05) is 26.1 Å². The second-order valence-electron chi connectivity index (χ2n) is 5.28. The highest BCUT2D eigenvalue weighted by Crippen LogP contribution is 2.37. The van der Waals surface area contributed by atoms with Gasteiger partial charge in [-0.1, -0.05) is 24.9 Å². The molecular weight excluding hydrogens is 290 g/mol. The Morgan fingerprint density at radius 1 is 1.33 bits per heavy atom. The van der Waals surface area contributed by atoms with Gasteiger partial charge in [-0.15, -0.1) is 0 Å². The smallest absolute Gasteiger partial charge is 0.179 e. The van der Waals surface area contributed by atoms with Gasteiger partial charge in [-0.25, -0.2) is 0 Å². The summed E-state index contributed by atoms with van der Waals surface area (Å²) in [6, 6.07) is 4.31. The van der Waals surface area contributed by atoms with E-state index in [1.54, 1.807) is 7.11 Å². The summed E-state index contributed by atoms with van der Waals surface area (Å²) in [5, 5.41) is 4.12. The maximum absolute atomic E-state index is 6.30. The van der Waals surface area contributed by atoms with E-state index in [-0.39, 0.29) is 0 Å². The molecule has 1 aliphatic heterocycles. The molecule has 0 radical (unpaired) electrons. The van der Waals surface area contributed by atoms with Gasteiger partial charge < -0.3 is 19.5 Å². The third-order valence-electron chi connectivity index (χ3n) is 3.46. The monoisotopic (exact) mass is 313 g/mol. The second kappa shape index (κ2) is 8.47. The molecule has 1 N–H and O–H groups in total. The molecule has 0 saturated carbocycles. The molecular formula is C16H24ClNO3. The van der Waals surface area contributed by atoms with Crippen molar-refractivity contribution in [3.05, 3.63) is 22.7 Å². The van der Waals surface area contributed by atoms with Crippen molar-refractivity contribution in [3.8, 4) is 11.5 Å². The summed E-state index contributed by atoms with van der Waals surface area (Å²) in [4.78, 5) is 0. The minimum absolute atomic E-state index is 0.356. The number of fused-ring (bicyclic) bond motifs is 1. The number of nitrogens with one attached hydrogen (secondary N) is 1. The predicted octanol–water partition coefficient (Wildman–Crippen LogP) is 3.41. The van der Waals surface area contributed by atoms with Crippen LogP contribution in [-0.4, -0.2) is 33.0 Å². The van der Waals surface area contributed by atoms with E-state index in [0.29, 0.717) is 36.6 Å². The number of hydrogen-bond acceptors (Lipinski definition) is 4. The van der Waals surface area contributed by atoms with Crippen LogP contribution >= 0.6 is 11.6 Å². The van der Waals surface area contributed by atoms with Crippen molar-refractivity contribution in [1.29, 1.82) is 0 Å². The second-order valence-corrected chi connectivity index (χ2v) is 5.68. The van der Waals surface area contributed by atoms with E-state index in [1.807, 2.05) is 12.1 Å². The minimum Gasteiger partial charge on any atom is -0.489 e. The Morgan fingerprint density at radius 3 is 2.90 bits per heavy atom. The lowest BCUT2D eigenvalue weighted by Gasteiger charge is -2.18. The average Bonchev–Trinajstić information content (AvgIpc) is 2.71. The molecule has 0 bridgehead atoms. The van der Waals surface area contributed by atoms with Gasteiger partial charge in [-0.3, -0.25) is 0 Å². The molecule has 1 aliphatic rings. The Hall–Kier alpha value is -0.970. The largest absolute Gasteiger partial charge is 0.489 e. The molecule has 0 fully saturated rings. The van der Waals surface area contributed by atoms with Crippen molar-refractivity contribution in [3.63, 3.8) is 0 Å². The summed E-state index contributed by atoms with van der Waals surface area (Å²) in [5.41, 5.74) is 1.10. The Balaban J connectivity index is 2.03. The molecule has 1 aromatic rings. The van der Waals surface area contributed by atoms with Gasteiger partial charge in [0.25, 0.3) is 0 Å². The topological polar surface area (TPSA) is 39.7 Å². The van der Waals surface area contributed by atoms with Crippen molar-refractivity contribution < 1.29 is 14.2 Å². The standard InChI is InChI=1S/C16H24ClNO3/c1-3-5-13(11-19-2)18-10-12-8-14(17)16-15(9-12)20-6-4-7-21-16/h8-9,13,18H,3-7,10-11H2,1-2H3. The van der Waals surface area contributed by atoms with Crippen LogP contribution in [0.25, 0.3) is 0 Å². The first-order valence-electron chi connectivity index (χ1n) is 7.55. The van der Waals surface area contributed by atoms with Crippen molar-refractivity contribution in [1.82, 2.24) is 5.32 Å². The van der Waals surface area contributed by atoms with Gasteiger partial charge in [-0.2, -0.15) is 0 Å². The highest BCUT2D eigenvalue weighted by Gasteiger charge is 2.16. The van der Waals surface area contributed by atoms with Crippen molar-refractivity contribution >= 4 is 11.6 Å². The number of rotatable bonds is 7. The van der Waals surface area contributed by atoms with Crippen molar-refractivity contribution in [2.45, 2.75) is 38.8 Å². The van der Waals surface area contributed by atoms with Crippen molar-refractivity contribution in [2.24, 2.45) is 0 Å². The number of halogens is 1. The average molecular weight is 314 g/mol. The molecule has 0 spiro atoms. The normalized spacial score (nSPS) is 15.6. The van der Waals surface area contributed by atoms with Crippen LogP contribution < -0.4 is 14.8 Å². The van der Waals surface area contributed by atoms with Crippen LogP contribution in [0.2, 0.25) is 5.02 Å². The van der Waals surface area contributed by atoms with Crippen LogP contribution in [0.5, 0.6) is 11.5 Å². The Labute approximate surface area is 131 Å². The quantitative estimate of drug-likeness (QED) is 0.837. The van der Waals surface area contributed by atoms with E-state index in [9.17, 15) is 0 Å². The first kappa shape index (κ1) is 16.4. The lowest BCUT2D eigenvalue weighted by Crippen LogP contribution is -2.32. The maximum Gasteiger partial charge on any atom is 0.179 e. The summed E-state index contributed by atoms with van der Waals surface area (Å²) in [7, 11) is 1.73. The molecule has 0 aliphatic carbocycles. The third kappa shape index (κ3) is 4.77. The molecule has 1 heterocycles. The SMILES string of the molecule is CCCC(COC)NCc1cc(Cl)c2c(c1)OCCCO2. The number of ether oxygens (including phenoxy) is 3. The van der Waals surface area contributed by atoms with Crippen molar-refractivity contribution in [2.75, 3.05) is 26.9 Å². The van der Waals surface area contributed by atoms with E-state index in [2.05, 4.69) is 12.2 Å². The van der Waals surface area contributed by atoms with Gasteiger partial charge in [0.15, 0.2) is 11.5 Å². The molecule has 1 atom stereocenters. The van der Waals surface area contributed by atoms with Crippen LogP contribution in [0, 0.1) is 0 Å². The fourth-order valence-electron chi connectivity index (χ4n) is 2.44. The van der Waals surface area contributed by atoms with Crippen LogP contribution in [0.3, 0.4) is 0 Å². The Bertz CT molecular complexity index is 447. The highest BCUT2D eigenvalue weighted by molar-refractivity contribution is 6.32. The summed E-state index contributed by atoms with van der Waals surface area (Å²) < 4.78 is 16.6. The Kier molecular flexibility index (Phi) is 6.61. The summed E-state index contributed by atoms with van der Waals surface area (Å²) in [5.74, 6) is 1.41. The number of benzene rings is 1. The van der Waals surface area contributed by atoms with Gasteiger partial charge in [0.1, 0.15) is 0 Å². The zero-order valence-electron chi connectivity index (χ0n) is 12.8. The van der Waals surface area contributed by atoms with Gasteiger partial charge in [0.2, 0.25) is 0 Å².